The van der Waals surface area contributed by atoms with Gasteiger partial charge in [-0.15, -0.1) is 15.0 Å². The predicted octanol–water partition coefficient (Wildman–Crippen LogP) is 7.41. The molecule has 6 heteroatoms. The van der Waals surface area contributed by atoms with E-state index in [0.717, 1.165) is 35.0 Å². The summed E-state index contributed by atoms with van der Waals surface area (Å²) in [5.41, 5.74) is 4.67. The fourth-order valence-electron chi connectivity index (χ4n) is 3.88. The molecule has 0 saturated heterocycles. The number of anilines is 1. The lowest BCUT2D eigenvalue weighted by Crippen LogP contribution is -2.25. The molecule has 0 aliphatic heterocycles. The van der Waals surface area contributed by atoms with Gasteiger partial charge in [-0.3, -0.25) is 5.32 Å². The smallest absolute Gasteiger partial charge is 0.407 e. The maximum Gasteiger partial charge on any atom is 0.417 e. The second kappa shape index (κ2) is 9.53. The average Bonchev–Trinajstić information content (AvgIpc) is 3.28. The van der Waals surface area contributed by atoms with Gasteiger partial charge in [0.25, 0.3) is 0 Å². The van der Waals surface area contributed by atoms with Crippen molar-refractivity contribution < 1.29 is 9.53 Å². The quantitative estimate of drug-likeness (QED) is 0.305. The number of nitrogens with zero attached hydrogens (tertiary/aromatic N) is 3. The van der Waals surface area contributed by atoms with E-state index in [-0.39, 0.29) is 10.8 Å². The molecule has 1 N–H and O–H groups in total. The minimum absolute atomic E-state index is 0.0786. The third kappa shape index (κ3) is 5.06. The molecule has 0 unspecified atom stereocenters. The molecular formula is C29H34N4O2. The molecular weight excluding hydrogens is 436 g/mol. The number of carbonyl (C=O) groups excluding carboxylic acids is 1. The van der Waals surface area contributed by atoms with Crippen molar-refractivity contribution in [2.24, 2.45) is 0 Å². The molecule has 3 aromatic carbocycles. The Kier molecular flexibility index (Phi) is 6.66. The zero-order valence-corrected chi connectivity index (χ0v) is 21.4. The number of rotatable bonds is 7. The van der Waals surface area contributed by atoms with Crippen molar-refractivity contribution in [2.75, 3.05) is 5.32 Å². The molecule has 4 aromatic rings. The summed E-state index contributed by atoms with van der Waals surface area (Å²) in [5.74, 6) is 0.473. The van der Waals surface area contributed by atoms with Crippen LogP contribution < -0.4 is 10.1 Å². The van der Waals surface area contributed by atoms with Crippen LogP contribution in [0.4, 0.5) is 10.5 Å². The van der Waals surface area contributed by atoms with Gasteiger partial charge in [0, 0.05) is 11.3 Å². The predicted molar refractivity (Wildman–Crippen MR) is 142 cm³/mol. The normalized spacial score (nSPS) is 12.1. The standard InChI is InChI=1S/C29H34N4O2/c1-7-28(3,4)20-18-22(29(5,6)8-2)26(35-27(34)30-21-14-10-9-11-15-21)25(19-20)33-31-23-16-12-13-17-24(23)32-33/h9-19H,7-8H2,1-6H3,(H,30,34). The van der Waals surface area contributed by atoms with Gasteiger partial charge in [0.2, 0.25) is 0 Å². The molecule has 1 amide bonds. The lowest BCUT2D eigenvalue weighted by atomic mass is 9.76. The van der Waals surface area contributed by atoms with Gasteiger partial charge in [0.15, 0.2) is 5.75 Å². The Hall–Kier alpha value is -3.67. The number of amides is 1. The highest BCUT2D eigenvalue weighted by molar-refractivity contribution is 5.87. The number of hydrogen-bond acceptors (Lipinski definition) is 4. The van der Waals surface area contributed by atoms with E-state index >= 15 is 0 Å². The van der Waals surface area contributed by atoms with E-state index in [1.165, 1.54) is 0 Å². The number of fused-ring (bicyclic) bond motifs is 1. The van der Waals surface area contributed by atoms with E-state index in [0.29, 0.717) is 17.1 Å². The highest BCUT2D eigenvalue weighted by atomic mass is 16.6. The van der Waals surface area contributed by atoms with Gasteiger partial charge >= 0.3 is 6.09 Å². The van der Waals surface area contributed by atoms with Gasteiger partial charge in [-0.1, -0.05) is 77.9 Å². The zero-order chi connectivity index (χ0) is 25.2. The Bertz CT molecular complexity index is 1310. The summed E-state index contributed by atoms with van der Waals surface area (Å²) in [4.78, 5) is 14.7. The van der Waals surface area contributed by atoms with Crippen LogP contribution in [0.3, 0.4) is 0 Å². The van der Waals surface area contributed by atoms with Crippen molar-refractivity contribution in [3.63, 3.8) is 0 Å². The SMILES string of the molecule is CCC(C)(C)c1cc(-n2nc3ccccc3n2)c(OC(=O)Nc2ccccc2)c(C(C)(C)CC)c1. The van der Waals surface area contributed by atoms with Crippen molar-refractivity contribution >= 4 is 22.8 Å². The van der Waals surface area contributed by atoms with Crippen LogP contribution in [0, 0.1) is 0 Å². The fourth-order valence-corrected chi connectivity index (χ4v) is 3.88. The average molecular weight is 471 g/mol. The Morgan fingerprint density at radius 2 is 1.43 bits per heavy atom. The Morgan fingerprint density at radius 3 is 2.00 bits per heavy atom. The number of benzene rings is 3. The molecule has 0 fully saturated rings. The molecule has 35 heavy (non-hydrogen) atoms. The summed E-state index contributed by atoms with van der Waals surface area (Å²) >= 11 is 0. The van der Waals surface area contributed by atoms with E-state index in [2.05, 4.69) is 59.0 Å². The minimum atomic E-state index is -0.551. The summed E-state index contributed by atoms with van der Waals surface area (Å²) in [7, 11) is 0. The third-order valence-corrected chi connectivity index (χ3v) is 7.06. The first kappa shape index (κ1) is 24.5. The molecule has 0 saturated carbocycles. The minimum Gasteiger partial charge on any atom is -0.407 e. The Balaban J connectivity index is 1.92. The number of para-hydroxylation sites is 1. The van der Waals surface area contributed by atoms with Gasteiger partial charge in [-0.25, -0.2) is 4.79 Å². The van der Waals surface area contributed by atoms with Gasteiger partial charge < -0.3 is 4.74 Å². The van der Waals surface area contributed by atoms with Crippen LogP contribution in [0.25, 0.3) is 16.7 Å². The molecule has 4 rings (SSSR count). The second-order valence-electron chi connectivity index (χ2n) is 10.2. The molecule has 1 heterocycles. The van der Waals surface area contributed by atoms with Gasteiger partial charge in [0.1, 0.15) is 16.7 Å². The topological polar surface area (TPSA) is 69.0 Å². The maximum absolute atomic E-state index is 13.1. The molecule has 0 bridgehead atoms. The molecule has 182 valence electrons. The van der Waals surface area contributed by atoms with Crippen molar-refractivity contribution in [2.45, 2.75) is 65.2 Å². The van der Waals surface area contributed by atoms with E-state index in [4.69, 9.17) is 14.9 Å². The second-order valence-corrected chi connectivity index (χ2v) is 10.2. The van der Waals surface area contributed by atoms with E-state index < -0.39 is 6.09 Å². The van der Waals surface area contributed by atoms with E-state index in [9.17, 15) is 4.79 Å². The maximum atomic E-state index is 13.1. The monoisotopic (exact) mass is 470 g/mol. The molecule has 0 aliphatic carbocycles. The molecule has 1 aromatic heterocycles. The largest absolute Gasteiger partial charge is 0.417 e. The van der Waals surface area contributed by atoms with Crippen LogP contribution in [-0.2, 0) is 10.8 Å². The van der Waals surface area contributed by atoms with Crippen molar-refractivity contribution in [1.29, 1.82) is 0 Å². The summed E-state index contributed by atoms with van der Waals surface area (Å²) < 4.78 is 6.07. The van der Waals surface area contributed by atoms with Crippen LogP contribution in [0.5, 0.6) is 5.75 Å². The first-order valence-corrected chi connectivity index (χ1v) is 12.2. The van der Waals surface area contributed by atoms with Gasteiger partial charge in [0.05, 0.1) is 0 Å². The summed E-state index contributed by atoms with van der Waals surface area (Å²) in [5, 5.41) is 12.3. The lowest BCUT2D eigenvalue weighted by Gasteiger charge is -2.31. The Labute approximate surface area is 207 Å². The molecule has 0 spiro atoms. The number of nitrogens with one attached hydrogen (secondary N) is 1. The lowest BCUT2D eigenvalue weighted by molar-refractivity contribution is 0.213. The van der Waals surface area contributed by atoms with E-state index in [1.54, 1.807) is 4.80 Å². The Morgan fingerprint density at radius 1 is 0.857 bits per heavy atom. The third-order valence-electron chi connectivity index (χ3n) is 7.06. The first-order valence-electron chi connectivity index (χ1n) is 12.2. The zero-order valence-electron chi connectivity index (χ0n) is 21.4. The first-order chi connectivity index (χ1) is 16.6. The van der Waals surface area contributed by atoms with Crippen LogP contribution in [-0.4, -0.2) is 21.1 Å². The highest BCUT2D eigenvalue weighted by Gasteiger charge is 2.31. The van der Waals surface area contributed by atoms with Gasteiger partial charge in [-0.05, 0) is 59.6 Å². The van der Waals surface area contributed by atoms with Crippen molar-refractivity contribution in [3.05, 3.63) is 77.9 Å². The molecule has 0 radical (unpaired) electrons. The van der Waals surface area contributed by atoms with Crippen LogP contribution in [0.1, 0.15) is 65.5 Å². The summed E-state index contributed by atoms with van der Waals surface area (Å²) in [6, 6.07) is 21.3. The van der Waals surface area contributed by atoms with Crippen molar-refractivity contribution in [1.82, 2.24) is 15.0 Å². The number of hydrogen-bond donors (Lipinski definition) is 1. The molecule has 0 aliphatic rings. The summed E-state index contributed by atoms with van der Waals surface area (Å²) in [6.45, 7) is 13.1. The van der Waals surface area contributed by atoms with Crippen LogP contribution in [0.2, 0.25) is 0 Å². The van der Waals surface area contributed by atoms with E-state index in [1.807, 2.05) is 54.6 Å². The molecule has 6 nitrogen and oxygen atoms in total. The number of aromatic nitrogens is 3. The van der Waals surface area contributed by atoms with Crippen LogP contribution in [0.15, 0.2) is 66.7 Å². The number of carbonyl (C=O) groups is 1. The van der Waals surface area contributed by atoms with Crippen LogP contribution >= 0.6 is 0 Å². The van der Waals surface area contributed by atoms with Crippen molar-refractivity contribution in [3.8, 4) is 11.4 Å². The summed E-state index contributed by atoms with van der Waals surface area (Å²) in [6.07, 6.45) is 1.28. The molecule has 0 atom stereocenters. The van der Waals surface area contributed by atoms with Gasteiger partial charge in [-0.2, -0.15) is 0 Å². The number of ether oxygens (including phenoxy) is 1. The highest BCUT2D eigenvalue weighted by Crippen LogP contribution is 2.42. The fraction of sp³-hybridized carbons (Fsp3) is 0.345.